The van der Waals surface area contributed by atoms with Crippen LogP contribution in [-0.2, 0) is 19.1 Å². The smallest absolute Gasteiger partial charge is 0.347 e. The average Bonchev–Trinajstić information content (AvgIpc) is 2.89. The number of carbonyl (C=O) groups excluding carboxylic acids is 2. The van der Waals surface area contributed by atoms with Crippen molar-refractivity contribution in [2.45, 2.75) is 12.5 Å². The predicted octanol–water partition coefficient (Wildman–Crippen LogP) is 1.58. The number of rotatable bonds is 5. The Morgan fingerprint density at radius 3 is 2.76 bits per heavy atom. The van der Waals surface area contributed by atoms with Gasteiger partial charge in [0.05, 0.1) is 20.8 Å². The molecule has 0 spiro atoms. The maximum Gasteiger partial charge on any atom is 0.347 e. The largest absolute Gasteiger partial charge is 0.493 e. The lowest BCUT2D eigenvalue weighted by molar-refractivity contribution is -0.156. The molecular formula is C15H16O6. The predicted molar refractivity (Wildman–Crippen MR) is 74.0 cm³/mol. The van der Waals surface area contributed by atoms with Crippen LogP contribution in [0.2, 0.25) is 0 Å². The van der Waals surface area contributed by atoms with E-state index in [0.29, 0.717) is 23.5 Å². The molecule has 0 radical (unpaired) electrons. The van der Waals surface area contributed by atoms with E-state index in [1.54, 1.807) is 24.3 Å². The fourth-order valence-electron chi connectivity index (χ4n) is 1.96. The zero-order chi connectivity index (χ0) is 15.2. The summed E-state index contributed by atoms with van der Waals surface area (Å²) in [6.07, 6.45) is 2.36. The minimum atomic E-state index is -0.811. The monoisotopic (exact) mass is 292 g/mol. The quantitative estimate of drug-likeness (QED) is 0.606. The highest BCUT2D eigenvalue weighted by Gasteiger charge is 2.29. The van der Waals surface area contributed by atoms with E-state index in [-0.39, 0.29) is 6.61 Å². The van der Waals surface area contributed by atoms with Crippen LogP contribution >= 0.6 is 0 Å². The highest BCUT2D eigenvalue weighted by Crippen LogP contribution is 2.31. The van der Waals surface area contributed by atoms with Crippen molar-refractivity contribution in [1.29, 1.82) is 0 Å². The number of para-hydroxylation sites is 1. The summed E-state index contributed by atoms with van der Waals surface area (Å²) in [6.45, 7) is 0.282. The molecule has 6 heteroatoms. The van der Waals surface area contributed by atoms with Crippen molar-refractivity contribution in [3.8, 4) is 11.5 Å². The second kappa shape index (κ2) is 6.78. The third-order valence-electron chi connectivity index (χ3n) is 2.98. The van der Waals surface area contributed by atoms with E-state index in [4.69, 9.17) is 18.9 Å². The second-order valence-electron chi connectivity index (χ2n) is 4.30. The molecule has 0 unspecified atom stereocenters. The molecule has 0 aromatic heterocycles. The van der Waals surface area contributed by atoms with Gasteiger partial charge in [0.15, 0.2) is 11.5 Å². The number of ether oxygens (including phenoxy) is 4. The van der Waals surface area contributed by atoms with Gasteiger partial charge in [0.1, 0.15) is 0 Å². The van der Waals surface area contributed by atoms with Crippen LogP contribution in [0, 0.1) is 0 Å². The Balaban J connectivity index is 2.06. The summed E-state index contributed by atoms with van der Waals surface area (Å²) in [4.78, 5) is 22.9. The third-order valence-corrected chi connectivity index (χ3v) is 2.98. The van der Waals surface area contributed by atoms with Gasteiger partial charge in [-0.15, -0.1) is 0 Å². The van der Waals surface area contributed by atoms with Crippen LogP contribution in [0.25, 0.3) is 6.08 Å². The molecule has 2 rings (SSSR count). The Kier molecular flexibility index (Phi) is 4.81. The first-order chi connectivity index (χ1) is 10.2. The molecule has 1 atom stereocenters. The average molecular weight is 292 g/mol. The number of esters is 2. The minimum absolute atomic E-state index is 0.282. The number of hydrogen-bond donors (Lipinski definition) is 0. The molecule has 1 saturated heterocycles. The molecule has 1 aliphatic heterocycles. The lowest BCUT2D eigenvalue weighted by atomic mass is 10.1. The highest BCUT2D eigenvalue weighted by molar-refractivity contribution is 5.90. The summed E-state index contributed by atoms with van der Waals surface area (Å²) in [5.74, 6) is -0.0313. The van der Waals surface area contributed by atoms with Crippen molar-refractivity contribution in [2.75, 3.05) is 20.8 Å². The number of hydrogen-bond acceptors (Lipinski definition) is 6. The SMILES string of the molecule is COc1cccc(/C=C/C(=O)O[C@@H]2CCOC2=O)c1OC. The van der Waals surface area contributed by atoms with Crippen molar-refractivity contribution in [1.82, 2.24) is 0 Å². The summed E-state index contributed by atoms with van der Waals surface area (Å²) < 4.78 is 20.1. The third kappa shape index (κ3) is 3.53. The molecule has 0 aliphatic carbocycles. The van der Waals surface area contributed by atoms with Crippen molar-refractivity contribution >= 4 is 18.0 Å². The first-order valence-electron chi connectivity index (χ1n) is 6.42. The van der Waals surface area contributed by atoms with Crippen LogP contribution in [0.5, 0.6) is 11.5 Å². The van der Waals surface area contributed by atoms with Gasteiger partial charge >= 0.3 is 11.9 Å². The van der Waals surface area contributed by atoms with Gasteiger partial charge in [-0.05, 0) is 12.1 Å². The summed E-state index contributed by atoms with van der Waals surface area (Å²) in [5, 5.41) is 0. The van der Waals surface area contributed by atoms with Crippen LogP contribution in [0.4, 0.5) is 0 Å². The van der Waals surface area contributed by atoms with E-state index < -0.39 is 18.0 Å². The molecule has 1 aromatic rings. The van der Waals surface area contributed by atoms with Gasteiger partial charge in [-0.25, -0.2) is 9.59 Å². The first kappa shape index (κ1) is 14.9. The molecule has 21 heavy (non-hydrogen) atoms. The van der Waals surface area contributed by atoms with Gasteiger partial charge in [-0.2, -0.15) is 0 Å². The molecule has 0 saturated carbocycles. The molecule has 1 aromatic carbocycles. The first-order valence-corrected chi connectivity index (χ1v) is 6.42. The van der Waals surface area contributed by atoms with Gasteiger partial charge in [-0.1, -0.05) is 12.1 Å². The zero-order valence-electron chi connectivity index (χ0n) is 11.8. The van der Waals surface area contributed by atoms with Crippen LogP contribution in [0.1, 0.15) is 12.0 Å². The second-order valence-corrected chi connectivity index (χ2v) is 4.30. The lowest BCUT2D eigenvalue weighted by Gasteiger charge is -2.10. The van der Waals surface area contributed by atoms with Gasteiger partial charge in [0.2, 0.25) is 6.10 Å². The van der Waals surface area contributed by atoms with E-state index in [2.05, 4.69) is 0 Å². The Hall–Kier alpha value is -2.50. The maximum atomic E-state index is 11.7. The van der Waals surface area contributed by atoms with Gasteiger partial charge in [0, 0.05) is 18.1 Å². The fraction of sp³-hybridized carbons (Fsp3) is 0.333. The van der Waals surface area contributed by atoms with Crippen molar-refractivity contribution in [3.63, 3.8) is 0 Å². The molecular weight excluding hydrogens is 276 g/mol. The standard InChI is InChI=1S/C15H16O6/c1-18-11-5-3-4-10(14(11)19-2)6-7-13(16)21-12-8-9-20-15(12)17/h3-7,12H,8-9H2,1-2H3/b7-6+/t12-/m1/s1. The van der Waals surface area contributed by atoms with E-state index in [9.17, 15) is 9.59 Å². The van der Waals surface area contributed by atoms with Crippen molar-refractivity contribution < 1.29 is 28.5 Å². The van der Waals surface area contributed by atoms with Crippen LogP contribution < -0.4 is 9.47 Å². The minimum Gasteiger partial charge on any atom is -0.493 e. The number of carbonyl (C=O) groups is 2. The highest BCUT2D eigenvalue weighted by atomic mass is 16.6. The summed E-state index contributed by atoms with van der Waals surface area (Å²) in [7, 11) is 3.05. The topological polar surface area (TPSA) is 71.1 Å². The lowest BCUT2D eigenvalue weighted by Crippen LogP contribution is -2.21. The fourth-order valence-corrected chi connectivity index (χ4v) is 1.96. The normalized spacial score (nSPS) is 17.6. The molecule has 0 amide bonds. The summed E-state index contributed by atoms with van der Waals surface area (Å²) in [5.41, 5.74) is 0.669. The maximum absolute atomic E-state index is 11.7. The Bertz CT molecular complexity index is 563. The molecule has 112 valence electrons. The molecule has 6 nitrogen and oxygen atoms in total. The molecule has 1 aliphatic rings. The van der Waals surface area contributed by atoms with Crippen LogP contribution in [0.15, 0.2) is 24.3 Å². The van der Waals surface area contributed by atoms with E-state index in [1.807, 2.05) is 0 Å². The van der Waals surface area contributed by atoms with Gasteiger partial charge in [0.25, 0.3) is 0 Å². The van der Waals surface area contributed by atoms with Gasteiger partial charge in [-0.3, -0.25) is 0 Å². The Morgan fingerprint density at radius 1 is 1.33 bits per heavy atom. The molecule has 0 bridgehead atoms. The number of benzene rings is 1. The van der Waals surface area contributed by atoms with Crippen LogP contribution in [0.3, 0.4) is 0 Å². The van der Waals surface area contributed by atoms with E-state index in [1.165, 1.54) is 20.3 Å². The summed E-state index contributed by atoms with van der Waals surface area (Å²) in [6, 6.07) is 5.30. The van der Waals surface area contributed by atoms with E-state index in [0.717, 1.165) is 0 Å². The molecule has 1 heterocycles. The Morgan fingerprint density at radius 2 is 2.14 bits per heavy atom. The van der Waals surface area contributed by atoms with Crippen molar-refractivity contribution in [2.24, 2.45) is 0 Å². The Labute approximate surface area is 122 Å². The zero-order valence-corrected chi connectivity index (χ0v) is 11.8. The number of methoxy groups -OCH3 is 2. The number of cyclic esters (lactones) is 1. The van der Waals surface area contributed by atoms with E-state index >= 15 is 0 Å². The van der Waals surface area contributed by atoms with Crippen molar-refractivity contribution in [3.05, 3.63) is 29.8 Å². The summed E-state index contributed by atoms with van der Waals surface area (Å²) >= 11 is 0. The van der Waals surface area contributed by atoms with Crippen LogP contribution in [-0.4, -0.2) is 38.9 Å². The van der Waals surface area contributed by atoms with Gasteiger partial charge < -0.3 is 18.9 Å². The molecule has 1 fully saturated rings. The molecule has 0 N–H and O–H groups in total.